The highest BCUT2D eigenvalue weighted by Crippen LogP contribution is 2.44. The van der Waals surface area contributed by atoms with Crippen LogP contribution in [0.5, 0.6) is 0 Å². The van der Waals surface area contributed by atoms with Gasteiger partial charge in [-0.15, -0.1) is 0 Å². The lowest BCUT2D eigenvalue weighted by molar-refractivity contribution is -0.108. The van der Waals surface area contributed by atoms with Crippen molar-refractivity contribution < 1.29 is 4.79 Å². The molecule has 74 valence electrons. The molecule has 1 atom stereocenters. The highest BCUT2D eigenvalue weighted by Gasteiger charge is 2.31. The van der Waals surface area contributed by atoms with E-state index in [2.05, 4.69) is 40.2 Å². The minimum absolute atomic E-state index is 0.459. The highest BCUT2D eigenvalue weighted by molar-refractivity contribution is 9.10. The maximum Gasteiger partial charge on any atom is 0.120 e. The normalized spacial score (nSPS) is 17.8. The van der Waals surface area contributed by atoms with Gasteiger partial charge in [0.2, 0.25) is 0 Å². The molecule has 0 aliphatic heterocycles. The standard InChI is InChI=1S/C12H13BrO/c13-11-5-3-10(4-6-11)12(7-8-14)9-1-2-9/h3-6,8-9,12H,1-2,7H2. The van der Waals surface area contributed by atoms with Crippen molar-refractivity contribution in [2.24, 2.45) is 5.92 Å². The molecular formula is C12H13BrO. The molecule has 0 saturated heterocycles. The zero-order chi connectivity index (χ0) is 9.97. The molecule has 14 heavy (non-hydrogen) atoms. The molecule has 0 N–H and O–H groups in total. The number of rotatable bonds is 4. The topological polar surface area (TPSA) is 17.1 Å². The van der Waals surface area contributed by atoms with E-state index in [1.54, 1.807) is 0 Å². The lowest BCUT2D eigenvalue weighted by Crippen LogP contribution is -2.01. The second kappa shape index (κ2) is 4.26. The van der Waals surface area contributed by atoms with E-state index in [1.807, 2.05) is 0 Å². The zero-order valence-electron chi connectivity index (χ0n) is 7.95. The molecule has 0 heterocycles. The summed E-state index contributed by atoms with van der Waals surface area (Å²) in [6, 6.07) is 8.35. The molecule has 2 heteroatoms. The summed E-state index contributed by atoms with van der Waals surface area (Å²) < 4.78 is 1.10. The second-order valence-corrected chi connectivity index (χ2v) is 4.81. The van der Waals surface area contributed by atoms with Crippen LogP contribution >= 0.6 is 15.9 Å². The van der Waals surface area contributed by atoms with Crippen LogP contribution in [-0.4, -0.2) is 6.29 Å². The van der Waals surface area contributed by atoms with Gasteiger partial charge in [0, 0.05) is 10.9 Å². The summed E-state index contributed by atoms with van der Waals surface area (Å²) in [6.07, 6.45) is 4.29. The Bertz CT molecular complexity index is 314. The summed E-state index contributed by atoms with van der Waals surface area (Å²) in [6.45, 7) is 0. The number of hydrogen-bond acceptors (Lipinski definition) is 1. The zero-order valence-corrected chi connectivity index (χ0v) is 9.53. The van der Waals surface area contributed by atoms with Gasteiger partial charge in [0.1, 0.15) is 6.29 Å². The molecule has 0 amide bonds. The van der Waals surface area contributed by atoms with Crippen molar-refractivity contribution >= 4 is 22.2 Å². The van der Waals surface area contributed by atoms with Crippen molar-refractivity contribution in [1.29, 1.82) is 0 Å². The largest absolute Gasteiger partial charge is 0.303 e. The number of carbonyl (C=O) groups is 1. The Morgan fingerprint density at radius 1 is 1.36 bits per heavy atom. The molecule has 0 radical (unpaired) electrons. The summed E-state index contributed by atoms with van der Waals surface area (Å²) in [4.78, 5) is 10.6. The minimum atomic E-state index is 0.459. The molecule has 1 fully saturated rings. The fourth-order valence-corrected chi connectivity index (χ4v) is 2.18. The highest BCUT2D eigenvalue weighted by atomic mass is 79.9. The van der Waals surface area contributed by atoms with E-state index in [0.29, 0.717) is 12.3 Å². The summed E-state index contributed by atoms with van der Waals surface area (Å²) >= 11 is 3.42. The summed E-state index contributed by atoms with van der Waals surface area (Å²) in [5.74, 6) is 1.21. The van der Waals surface area contributed by atoms with Gasteiger partial charge < -0.3 is 4.79 Å². The smallest absolute Gasteiger partial charge is 0.120 e. The lowest BCUT2D eigenvalue weighted by Gasteiger charge is -2.13. The van der Waals surface area contributed by atoms with Gasteiger partial charge in [-0.25, -0.2) is 0 Å². The first kappa shape index (κ1) is 9.91. The van der Waals surface area contributed by atoms with Crippen molar-refractivity contribution in [3.8, 4) is 0 Å². The van der Waals surface area contributed by atoms with Gasteiger partial charge >= 0.3 is 0 Å². The SMILES string of the molecule is O=CCC(c1ccc(Br)cc1)C1CC1. The molecule has 0 bridgehead atoms. The molecule has 1 saturated carbocycles. The predicted octanol–water partition coefficient (Wildman–Crippen LogP) is 3.53. The van der Waals surface area contributed by atoms with E-state index in [-0.39, 0.29) is 0 Å². The number of aldehydes is 1. The molecule has 1 unspecified atom stereocenters. The van der Waals surface area contributed by atoms with Crippen LogP contribution < -0.4 is 0 Å². The van der Waals surface area contributed by atoms with Gasteiger partial charge in [0.15, 0.2) is 0 Å². The fraction of sp³-hybridized carbons (Fsp3) is 0.417. The van der Waals surface area contributed by atoms with Crippen LogP contribution in [0, 0.1) is 5.92 Å². The van der Waals surface area contributed by atoms with Gasteiger partial charge in [-0.3, -0.25) is 0 Å². The van der Waals surface area contributed by atoms with Crippen LogP contribution in [0.4, 0.5) is 0 Å². The van der Waals surface area contributed by atoms with Crippen molar-refractivity contribution in [2.75, 3.05) is 0 Å². The molecule has 0 aromatic heterocycles. The molecule has 1 aromatic carbocycles. The molecule has 1 nitrogen and oxygen atoms in total. The van der Waals surface area contributed by atoms with E-state index < -0.39 is 0 Å². The monoisotopic (exact) mass is 252 g/mol. The first-order chi connectivity index (χ1) is 6.81. The van der Waals surface area contributed by atoms with Gasteiger partial charge in [0.05, 0.1) is 0 Å². The van der Waals surface area contributed by atoms with Crippen molar-refractivity contribution in [3.05, 3.63) is 34.3 Å². The first-order valence-electron chi connectivity index (χ1n) is 5.00. The Kier molecular flexibility index (Phi) is 3.02. The Morgan fingerprint density at radius 2 is 2.00 bits per heavy atom. The van der Waals surface area contributed by atoms with Crippen LogP contribution in [0.25, 0.3) is 0 Å². The molecule has 2 rings (SSSR count). The van der Waals surface area contributed by atoms with Crippen molar-refractivity contribution in [2.45, 2.75) is 25.2 Å². The van der Waals surface area contributed by atoms with E-state index in [1.165, 1.54) is 18.4 Å². The van der Waals surface area contributed by atoms with Crippen LogP contribution in [0.2, 0.25) is 0 Å². The van der Waals surface area contributed by atoms with Gasteiger partial charge in [-0.2, -0.15) is 0 Å². The van der Waals surface area contributed by atoms with Crippen molar-refractivity contribution in [3.63, 3.8) is 0 Å². The fourth-order valence-electron chi connectivity index (χ4n) is 1.91. The maximum absolute atomic E-state index is 10.6. The van der Waals surface area contributed by atoms with E-state index in [4.69, 9.17) is 0 Å². The van der Waals surface area contributed by atoms with Crippen molar-refractivity contribution in [1.82, 2.24) is 0 Å². The van der Waals surface area contributed by atoms with Crippen LogP contribution in [0.3, 0.4) is 0 Å². The average Bonchev–Trinajstić information content (AvgIpc) is 2.99. The molecule has 1 aliphatic carbocycles. The maximum atomic E-state index is 10.6. The summed E-state index contributed by atoms with van der Waals surface area (Å²) in [7, 11) is 0. The van der Waals surface area contributed by atoms with Crippen LogP contribution in [-0.2, 0) is 4.79 Å². The quantitative estimate of drug-likeness (QED) is 0.750. The number of carbonyl (C=O) groups excluding carboxylic acids is 1. The number of halogens is 1. The third kappa shape index (κ3) is 2.24. The predicted molar refractivity (Wildman–Crippen MR) is 60.3 cm³/mol. The Hall–Kier alpha value is -0.630. The van der Waals surface area contributed by atoms with Gasteiger partial charge in [0.25, 0.3) is 0 Å². The summed E-state index contributed by atoms with van der Waals surface area (Å²) in [5.41, 5.74) is 1.31. The van der Waals surface area contributed by atoms with E-state index in [0.717, 1.165) is 16.7 Å². The molecule has 1 aromatic rings. The van der Waals surface area contributed by atoms with Gasteiger partial charge in [-0.05, 0) is 42.4 Å². The second-order valence-electron chi connectivity index (χ2n) is 3.90. The lowest BCUT2D eigenvalue weighted by atomic mass is 9.92. The average molecular weight is 253 g/mol. The van der Waals surface area contributed by atoms with E-state index in [9.17, 15) is 4.79 Å². The Balaban J connectivity index is 2.16. The van der Waals surface area contributed by atoms with E-state index >= 15 is 0 Å². The number of benzene rings is 1. The Labute approximate surface area is 92.6 Å². The van der Waals surface area contributed by atoms with Gasteiger partial charge in [-0.1, -0.05) is 28.1 Å². The first-order valence-corrected chi connectivity index (χ1v) is 5.79. The number of hydrogen-bond donors (Lipinski definition) is 0. The summed E-state index contributed by atoms with van der Waals surface area (Å²) in [5, 5.41) is 0. The molecular weight excluding hydrogens is 240 g/mol. The molecule has 0 spiro atoms. The van der Waals surface area contributed by atoms with Crippen LogP contribution in [0.15, 0.2) is 28.7 Å². The third-order valence-electron chi connectivity index (χ3n) is 2.84. The minimum Gasteiger partial charge on any atom is -0.303 e. The molecule has 1 aliphatic rings. The van der Waals surface area contributed by atoms with Crippen LogP contribution in [0.1, 0.15) is 30.7 Å². The third-order valence-corrected chi connectivity index (χ3v) is 3.37. The Morgan fingerprint density at radius 3 is 2.50 bits per heavy atom.